The van der Waals surface area contributed by atoms with Gasteiger partial charge in [-0.05, 0) is 42.7 Å². The van der Waals surface area contributed by atoms with E-state index in [0.29, 0.717) is 12.5 Å². The summed E-state index contributed by atoms with van der Waals surface area (Å²) >= 11 is 0. The van der Waals surface area contributed by atoms with Crippen LogP contribution in [0.1, 0.15) is 38.7 Å². The smallest absolute Gasteiger partial charge is 0.231 e. The summed E-state index contributed by atoms with van der Waals surface area (Å²) in [4.78, 5) is 14.1. The fourth-order valence-electron chi connectivity index (χ4n) is 3.89. The van der Waals surface area contributed by atoms with Crippen LogP contribution in [0.3, 0.4) is 0 Å². The Morgan fingerprint density at radius 3 is 2.86 bits per heavy atom. The molecule has 0 radical (unpaired) electrons. The van der Waals surface area contributed by atoms with Gasteiger partial charge in [0.1, 0.15) is 0 Å². The molecule has 3 heteroatoms. The number of fused-ring (bicyclic) bond motifs is 1. The van der Waals surface area contributed by atoms with Crippen LogP contribution >= 0.6 is 0 Å². The first-order valence-electron chi connectivity index (χ1n) is 8.27. The number of hydrogen-bond donors (Lipinski definition) is 1. The van der Waals surface area contributed by atoms with E-state index in [9.17, 15) is 4.79 Å². The molecule has 1 heterocycles. The second-order valence-electron chi connectivity index (χ2n) is 6.81. The summed E-state index contributed by atoms with van der Waals surface area (Å²) < 4.78 is 0. The molecule has 1 aromatic rings. The minimum Gasteiger partial charge on any atom is -0.312 e. The molecule has 3 rings (SSSR count). The molecule has 1 N–H and O–H groups in total. The largest absolute Gasteiger partial charge is 0.312 e. The zero-order valence-corrected chi connectivity index (χ0v) is 13.1. The molecule has 0 saturated heterocycles. The highest BCUT2D eigenvalue weighted by atomic mass is 16.2. The van der Waals surface area contributed by atoms with Crippen LogP contribution in [0.15, 0.2) is 24.3 Å². The van der Waals surface area contributed by atoms with Gasteiger partial charge in [-0.2, -0.15) is 0 Å². The van der Waals surface area contributed by atoms with Crippen molar-refractivity contribution < 1.29 is 4.79 Å². The van der Waals surface area contributed by atoms with Gasteiger partial charge in [0, 0.05) is 24.8 Å². The van der Waals surface area contributed by atoms with E-state index < -0.39 is 0 Å². The van der Waals surface area contributed by atoms with Crippen LogP contribution in [0, 0.1) is 11.8 Å². The Bertz CT molecular complexity index is 514. The van der Waals surface area contributed by atoms with Gasteiger partial charge in [-0.25, -0.2) is 0 Å². The van der Waals surface area contributed by atoms with Crippen LogP contribution in [0.25, 0.3) is 0 Å². The summed E-state index contributed by atoms with van der Waals surface area (Å²) in [6.07, 6.45) is 4.48. The molecule has 1 amide bonds. The zero-order chi connectivity index (χ0) is 14.8. The molecule has 0 unspecified atom stereocenters. The normalized spacial score (nSPS) is 28.8. The van der Waals surface area contributed by atoms with Crippen molar-refractivity contribution >= 4 is 11.6 Å². The van der Waals surface area contributed by atoms with E-state index >= 15 is 0 Å². The maximum atomic E-state index is 12.1. The zero-order valence-electron chi connectivity index (χ0n) is 13.1. The maximum absolute atomic E-state index is 12.1. The van der Waals surface area contributed by atoms with Crippen molar-refractivity contribution in [3.8, 4) is 0 Å². The minimum atomic E-state index is 0.239. The molecule has 3 nitrogen and oxygen atoms in total. The van der Waals surface area contributed by atoms with Crippen molar-refractivity contribution in [2.45, 2.75) is 45.6 Å². The Balaban J connectivity index is 1.53. The van der Waals surface area contributed by atoms with Crippen molar-refractivity contribution in [3.05, 3.63) is 29.8 Å². The fourth-order valence-corrected chi connectivity index (χ4v) is 3.89. The second kappa shape index (κ2) is 6.18. The minimum absolute atomic E-state index is 0.239. The summed E-state index contributed by atoms with van der Waals surface area (Å²) in [5.74, 6) is 1.85. The highest BCUT2D eigenvalue weighted by Gasteiger charge is 2.28. The predicted molar refractivity (Wildman–Crippen MR) is 86.5 cm³/mol. The summed E-state index contributed by atoms with van der Waals surface area (Å²) in [7, 11) is 0. The number of nitrogens with one attached hydrogen (secondary N) is 1. The Morgan fingerprint density at radius 1 is 1.24 bits per heavy atom. The van der Waals surface area contributed by atoms with Gasteiger partial charge in [0.25, 0.3) is 0 Å². The molecule has 0 aromatic heterocycles. The number of para-hydroxylation sites is 1. The van der Waals surface area contributed by atoms with Gasteiger partial charge in [0.15, 0.2) is 0 Å². The van der Waals surface area contributed by atoms with E-state index in [2.05, 4.69) is 31.3 Å². The molecule has 0 spiro atoms. The summed E-state index contributed by atoms with van der Waals surface area (Å²) in [5, 5.41) is 3.68. The van der Waals surface area contributed by atoms with Gasteiger partial charge in [-0.15, -0.1) is 0 Å². The molecule has 21 heavy (non-hydrogen) atoms. The molecule has 1 fully saturated rings. The molecule has 2 aliphatic rings. The predicted octanol–water partition coefficient (Wildman–Crippen LogP) is 2.99. The van der Waals surface area contributed by atoms with E-state index in [-0.39, 0.29) is 5.91 Å². The molecular formula is C18H26N2O. The number of rotatable bonds is 4. The van der Waals surface area contributed by atoms with Crippen LogP contribution in [0.5, 0.6) is 0 Å². The lowest BCUT2D eigenvalue weighted by Crippen LogP contribution is -2.43. The maximum Gasteiger partial charge on any atom is 0.231 e. The molecular weight excluding hydrogens is 260 g/mol. The lowest BCUT2D eigenvalue weighted by Gasteiger charge is -2.33. The highest BCUT2D eigenvalue weighted by molar-refractivity contribution is 6.01. The first-order valence-corrected chi connectivity index (χ1v) is 8.27. The number of nitrogens with zero attached hydrogens (tertiary/aromatic N) is 1. The highest BCUT2D eigenvalue weighted by Crippen LogP contribution is 2.29. The van der Waals surface area contributed by atoms with Crippen molar-refractivity contribution in [2.24, 2.45) is 11.8 Å². The number of carbonyl (C=O) groups is 1. The van der Waals surface area contributed by atoms with E-state index in [0.717, 1.165) is 30.6 Å². The van der Waals surface area contributed by atoms with E-state index in [1.165, 1.54) is 24.8 Å². The van der Waals surface area contributed by atoms with Crippen LogP contribution < -0.4 is 10.2 Å². The lowest BCUT2D eigenvalue weighted by molar-refractivity contribution is -0.117. The van der Waals surface area contributed by atoms with Gasteiger partial charge in [0.05, 0.1) is 6.42 Å². The number of anilines is 1. The number of carbonyl (C=O) groups excluding carboxylic acids is 1. The third kappa shape index (κ3) is 3.13. The Labute approximate surface area is 127 Å². The van der Waals surface area contributed by atoms with Crippen molar-refractivity contribution in [2.75, 3.05) is 18.0 Å². The molecule has 1 aromatic carbocycles. The van der Waals surface area contributed by atoms with Crippen LogP contribution in [-0.2, 0) is 11.2 Å². The Hall–Kier alpha value is -1.35. The van der Waals surface area contributed by atoms with Gasteiger partial charge in [0.2, 0.25) is 5.91 Å². The van der Waals surface area contributed by atoms with Crippen LogP contribution in [0.4, 0.5) is 5.69 Å². The van der Waals surface area contributed by atoms with Gasteiger partial charge in [-0.1, -0.05) is 32.0 Å². The van der Waals surface area contributed by atoms with Gasteiger partial charge in [-0.3, -0.25) is 4.79 Å². The number of benzene rings is 1. The molecule has 1 saturated carbocycles. The Kier molecular flexibility index (Phi) is 4.29. The first-order chi connectivity index (χ1) is 10.1. The third-order valence-electron chi connectivity index (χ3n) is 5.10. The average Bonchev–Trinajstić information content (AvgIpc) is 2.77. The van der Waals surface area contributed by atoms with Gasteiger partial charge >= 0.3 is 0 Å². The molecule has 114 valence electrons. The quantitative estimate of drug-likeness (QED) is 0.923. The first kappa shape index (κ1) is 14.6. The molecule has 3 atom stereocenters. The molecule has 0 bridgehead atoms. The van der Waals surface area contributed by atoms with Crippen molar-refractivity contribution in [1.29, 1.82) is 0 Å². The molecule has 1 aliphatic carbocycles. The van der Waals surface area contributed by atoms with E-state index in [4.69, 9.17) is 0 Å². The van der Waals surface area contributed by atoms with Crippen LogP contribution in [0.2, 0.25) is 0 Å². The fraction of sp³-hybridized carbons (Fsp3) is 0.611. The summed E-state index contributed by atoms with van der Waals surface area (Å²) in [6.45, 7) is 6.38. The van der Waals surface area contributed by atoms with Crippen LogP contribution in [-0.4, -0.2) is 25.0 Å². The Morgan fingerprint density at radius 2 is 2.05 bits per heavy atom. The van der Waals surface area contributed by atoms with Crippen molar-refractivity contribution in [1.82, 2.24) is 5.32 Å². The summed E-state index contributed by atoms with van der Waals surface area (Å²) in [5.41, 5.74) is 2.27. The molecule has 1 aliphatic heterocycles. The average molecular weight is 286 g/mol. The van der Waals surface area contributed by atoms with E-state index in [1.54, 1.807) is 0 Å². The summed E-state index contributed by atoms with van der Waals surface area (Å²) in [6, 6.07) is 8.77. The topological polar surface area (TPSA) is 32.3 Å². The number of amides is 1. The van der Waals surface area contributed by atoms with E-state index in [1.807, 2.05) is 17.0 Å². The SMILES string of the molecule is C[C@@H]1CC[C@H](NCCN2C(=O)Cc3ccccc32)[C@@H](C)C1. The second-order valence-corrected chi connectivity index (χ2v) is 6.81. The van der Waals surface area contributed by atoms with Crippen molar-refractivity contribution in [3.63, 3.8) is 0 Å². The number of hydrogen-bond acceptors (Lipinski definition) is 2. The monoisotopic (exact) mass is 286 g/mol. The van der Waals surface area contributed by atoms with Gasteiger partial charge < -0.3 is 10.2 Å². The third-order valence-corrected chi connectivity index (χ3v) is 5.10. The standard InChI is InChI=1S/C18H26N2O/c1-13-7-8-16(14(2)11-13)19-9-10-20-17-6-4-3-5-15(17)12-18(20)21/h3-6,13-14,16,19H,7-12H2,1-2H3/t13-,14+,16+/m1/s1. The lowest BCUT2D eigenvalue weighted by atomic mass is 9.80.